The first-order chi connectivity index (χ1) is 6.02. The molecule has 0 saturated heterocycles. The van der Waals surface area contributed by atoms with Gasteiger partial charge in [0.2, 0.25) is 0 Å². The van der Waals surface area contributed by atoms with E-state index in [9.17, 15) is 10.1 Å². The molecule has 0 radical (unpaired) electrons. The van der Waals surface area contributed by atoms with Crippen molar-refractivity contribution in [3.05, 3.63) is 33.9 Å². The van der Waals surface area contributed by atoms with Crippen molar-refractivity contribution in [1.29, 1.82) is 0 Å². The Hall–Kier alpha value is -1.66. The van der Waals surface area contributed by atoms with Crippen LogP contribution < -0.4 is 16.8 Å². The lowest BCUT2D eigenvalue weighted by Crippen LogP contribution is -2.38. The molecule has 0 fully saturated rings. The van der Waals surface area contributed by atoms with Crippen LogP contribution >= 0.6 is 0 Å². The monoisotopic (exact) mass is 182 g/mol. The molecule has 0 heterocycles. The van der Waals surface area contributed by atoms with Crippen LogP contribution in [-0.2, 0) is 0 Å². The first-order valence-electron chi connectivity index (χ1n) is 3.57. The third-order valence-electron chi connectivity index (χ3n) is 1.67. The number of hydrogen-bond acceptors (Lipinski definition) is 5. The number of anilines is 1. The molecule has 0 aliphatic rings. The van der Waals surface area contributed by atoms with Crippen LogP contribution in [0.2, 0.25) is 0 Å². The van der Waals surface area contributed by atoms with E-state index in [2.05, 4.69) is 0 Å². The van der Waals surface area contributed by atoms with E-state index in [1.807, 2.05) is 0 Å². The SMILES string of the molecule is Cc1cc([N+](=O)[O-])ccc1N(N)N. The maximum Gasteiger partial charge on any atom is 0.269 e. The first-order valence-corrected chi connectivity index (χ1v) is 3.57. The van der Waals surface area contributed by atoms with Crippen LogP contribution in [0, 0.1) is 17.0 Å². The lowest BCUT2D eigenvalue weighted by atomic mass is 10.2. The predicted molar refractivity (Wildman–Crippen MR) is 48.7 cm³/mol. The smallest absolute Gasteiger partial charge is 0.258 e. The molecule has 0 amide bonds. The fraction of sp³-hybridized carbons (Fsp3) is 0.143. The van der Waals surface area contributed by atoms with E-state index in [4.69, 9.17) is 11.7 Å². The standard InChI is InChI=1S/C7H10N4O2/c1-5-4-6(11(12)13)2-3-7(5)10(8)9/h2-4H,8-9H2,1H3. The topological polar surface area (TPSA) is 98.4 Å². The average molecular weight is 182 g/mol. The Morgan fingerprint density at radius 2 is 2.08 bits per heavy atom. The second kappa shape index (κ2) is 3.38. The lowest BCUT2D eigenvalue weighted by Gasteiger charge is -2.13. The third kappa shape index (κ3) is 1.92. The van der Waals surface area contributed by atoms with Gasteiger partial charge in [-0.1, -0.05) is 0 Å². The van der Waals surface area contributed by atoms with E-state index in [1.165, 1.54) is 18.2 Å². The number of hydrazine groups is 2. The summed E-state index contributed by atoms with van der Waals surface area (Å²) < 4.78 is 0. The number of aryl methyl sites for hydroxylation is 1. The molecule has 1 aromatic rings. The zero-order valence-electron chi connectivity index (χ0n) is 7.10. The van der Waals surface area contributed by atoms with Gasteiger partial charge >= 0.3 is 0 Å². The van der Waals surface area contributed by atoms with E-state index in [0.29, 0.717) is 11.3 Å². The van der Waals surface area contributed by atoms with Crippen molar-refractivity contribution >= 4 is 11.4 Å². The van der Waals surface area contributed by atoms with Crippen LogP contribution in [0.25, 0.3) is 0 Å². The molecule has 6 heteroatoms. The molecule has 4 N–H and O–H groups in total. The molecule has 0 aliphatic carbocycles. The quantitative estimate of drug-likeness (QED) is 0.393. The van der Waals surface area contributed by atoms with Gasteiger partial charge in [-0.15, -0.1) is 0 Å². The van der Waals surface area contributed by atoms with Crippen molar-refractivity contribution in [2.45, 2.75) is 6.92 Å². The van der Waals surface area contributed by atoms with Crippen LogP contribution in [0.1, 0.15) is 5.56 Å². The average Bonchev–Trinajstić information content (AvgIpc) is 2.03. The van der Waals surface area contributed by atoms with Gasteiger partial charge in [-0.3, -0.25) is 10.1 Å². The minimum atomic E-state index is -0.464. The van der Waals surface area contributed by atoms with E-state index < -0.39 is 4.92 Å². The normalized spacial score (nSPS) is 9.77. The van der Waals surface area contributed by atoms with Gasteiger partial charge in [0.25, 0.3) is 5.69 Å². The van der Waals surface area contributed by atoms with E-state index in [0.717, 1.165) is 5.12 Å². The van der Waals surface area contributed by atoms with Crippen molar-refractivity contribution in [3.63, 3.8) is 0 Å². The van der Waals surface area contributed by atoms with Gasteiger partial charge in [0.05, 0.1) is 10.6 Å². The molecule has 70 valence electrons. The highest BCUT2D eigenvalue weighted by Crippen LogP contribution is 2.21. The summed E-state index contributed by atoms with van der Waals surface area (Å²) in [6, 6.07) is 4.28. The minimum absolute atomic E-state index is 0.0306. The fourth-order valence-corrected chi connectivity index (χ4v) is 1.04. The predicted octanol–water partition coefficient (Wildman–Crippen LogP) is 0.457. The third-order valence-corrected chi connectivity index (χ3v) is 1.67. The molecule has 0 aromatic heterocycles. The molecule has 1 aromatic carbocycles. The molecular weight excluding hydrogens is 172 g/mol. The Kier molecular flexibility index (Phi) is 2.45. The lowest BCUT2D eigenvalue weighted by molar-refractivity contribution is -0.384. The summed E-state index contributed by atoms with van der Waals surface area (Å²) in [5.41, 5.74) is 1.26. The number of nitro benzene ring substituents is 1. The van der Waals surface area contributed by atoms with Gasteiger partial charge in [-0.05, 0) is 18.6 Å². The van der Waals surface area contributed by atoms with Crippen LogP contribution in [0.3, 0.4) is 0 Å². The number of nitrogens with zero attached hydrogens (tertiary/aromatic N) is 2. The van der Waals surface area contributed by atoms with Crippen molar-refractivity contribution < 1.29 is 4.92 Å². The molecule has 1 rings (SSSR count). The van der Waals surface area contributed by atoms with Crippen molar-refractivity contribution in [3.8, 4) is 0 Å². The van der Waals surface area contributed by atoms with Crippen molar-refractivity contribution in [2.24, 2.45) is 11.7 Å². The van der Waals surface area contributed by atoms with Crippen LogP contribution in [0.5, 0.6) is 0 Å². The molecule has 6 nitrogen and oxygen atoms in total. The van der Waals surface area contributed by atoms with Gasteiger partial charge < -0.3 is 0 Å². The van der Waals surface area contributed by atoms with Crippen LogP contribution in [0.15, 0.2) is 18.2 Å². The van der Waals surface area contributed by atoms with Crippen LogP contribution in [-0.4, -0.2) is 4.92 Å². The van der Waals surface area contributed by atoms with E-state index >= 15 is 0 Å². The summed E-state index contributed by atoms with van der Waals surface area (Å²) in [4.78, 5) is 9.90. The van der Waals surface area contributed by atoms with Gasteiger partial charge in [-0.25, -0.2) is 16.8 Å². The Morgan fingerprint density at radius 1 is 1.46 bits per heavy atom. The van der Waals surface area contributed by atoms with E-state index in [-0.39, 0.29) is 5.69 Å². The minimum Gasteiger partial charge on any atom is -0.258 e. The highest BCUT2D eigenvalue weighted by Gasteiger charge is 2.08. The van der Waals surface area contributed by atoms with Crippen molar-refractivity contribution in [2.75, 3.05) is 5.12 Å². The fourth-order valence-electron chi connectivity index (χ4n) is 1.04. The van der Waals surface area contributed by atoms with Crippen LogP contribution in [0.4, 0.5) is 11.4 Å². The number of benzene rings is 1. The Morgan fingerprint density at radius 3 is 2.46 bits per heavy atom. The van der Waals surface area contributed by atoms with Gasteiger partial charge in [-0.2, -0.15) is 0 Å². The summed E-state index contributed by atoms with van der Waals surface area (Å²) in [5, 5.41) is 11.3. The zero-order chi connectivity index (χ0) is 10.0. The molecular formula is C7H10N4O2. The summed E-state index contributed by atoms with van der Waals surface area (Å²) in [6.45, 7) is 1.70. The second-order valence-corrected chi connectivity index (χ2v) is 2.64. The molecule has 13 heavy (non-hydrogen) atoms. The van der Waals surface area contributed by atoms with Crippen molar-refractivity contribution in [1.82, 2.24) is 0 Å². The first kappa shape index (κ1) is 9.43. The number of nitro groups is 1. The number of rotatable bonds is 2. The summed E-state index contributed by atoms with van der Waals surface area (Å²) in [6.07, 6.45) is 0. The largest absolute Gasteiger partial charge is 0.269 e. The Balaban J connectivity index is 3.13. The van der Waals surface area contributed by atoms with E-state index in [1.54, 1.807) is 6.92 Å². The molecule has 0 unspecified atom stereocenters. The highest BCUT2D eigenvalue weighted by molar-refractivity contribution is 5.55. The van der Waals surface area contributed by atoms with Gasteiger partial charge in [0, 0.05) is 12.1 Å². The maximum absolute atomic E-state index is 10.4. The van der Waals surface area contributed by atoms with Gasteiger partial charge in [0.15, 0.2) is 0 Å². The Bertz CT molecular complexity index is 337. The highest BCUT2D eigenvalue weighted by atomic mass is 16.6. The number of nitrogens with two attached hydrogens (primary N) is 2. The number of non-ortho nitro benzene ring substituents is 1. The second-order valence-electron chi connectivity index (χ2n) is 2.64. The summed E-state index contributed by atoms with van der Waals surface area (Å²) in [5.74, 6) is 10.6. The molecule has 0 aliphatic heterocycles. The molecule has 0 spiro atoms. The molecule has 0 saturated carbocycles. The molecule has 0 bridgehead atoms. The Labute approximate surface area is 74.8 Å². The van der Waals surface area contributed by atoms with Gasteiger partial charge in [0.1, 0.15) is 0 Å². The summed E-state index contributed by atoms with van der Waals surface area (Å²) >= 11 is 0. The number of hydrogen-bond donors (Lipinski definition) is 2. The zero-order valence-corrected chi connectivity index (χ0v) is 7.10. The molecule has 0 atom stereocenters. The summed E-state index contributed by atoms with van der Waals surface area (Å²) in [7, 11) is 0. The maximum atomic E-state index is 10.4.